The summed E-state index contributed by atoms with van der Waals surface area (Å²) in [4.78, 5) is 27.1. The SMILES string of the molecule is CC(C)(C)CC(=O)N1CCC[C@@H]1C(=O)Nc1nnc(-c2ccc3c(c2)OCO3)s1. The summed E-state index contributed by atoms with van der Waals surface area (Å²) in [5, 5.41) is 12.2. The third kappa shape index (κ3) is 4.34. The number of carbonyl (C=O) groups excluding carboxylic acids is 2. The summed E-state index contributed by atoms with van der Waals surface area (Å²) in [6.45, 7) is 6.90. The fourth-order valence-corrected chi connectivity index (χ4v) is 4.24. The zero-order chi connectivity index (χ0) is 20.6. The fraction of sp³-hybridized carbons (Fsp3) is 0.500. The Kier molecular flexibility index (Phi) is 5.16. The molecule has 0 saturated carbocycles. The van der Waals surface area contributed by atoms with Crippen LogP contribution in [-0.2, 0) is 9.59 Å². The second-order valence-corrected chi connectivity index (χ2v) is 9.43. The molecule has 2 aliphatic heterocycles. The van der Waals surface area contributed by atoms with E-state index < -0.39 is 6.04 Å². The van der Waals surface area contributed by atoms with E-state index in [9.17, 15) is 9.59 Å². The zero-order valence-corrected chi connectivity index (χ0v) is 17.5. The summed E-state index contributed by atoms with van der Waals surface area (Å²) in [5.41, 5.74) is 0.731. The van der Waals surface area contributed by atoms with Gasteiger partial charge in [-0.3, -0.25) is 14.9 Å². The largest absolute Gasteiger partial charge is 0.454 e. The van der Waals surface area contributed by atoms with Crippen molar-refractivity contribution in [1.82, 2.24) is 15.1 Å². The minimum absolute atomic E-state index is 0.0217. The Bertz CT molecular complexity index is 937. The van der Waals surface area contributed by atoms with Crippen LogP contribution in [0.1, 0.15) is 40.0 Å². The molecule has 4 rings (SSSR count). The van der Waals surface area contributed by atoms with E-state index in [1.165, 1.54) is 11.3 Å². The summed E-state index contributed by atoms with van der Waals surface area (Å²) < 4.78 is 10.7. The number of aromatic nitrogens is 2. The number of nitrogens with one attached hydrogen (secondary N) is 1. The Hall–Kier alpha value is -2.68. The first-order valence-electron chi connectivity index (χ1n) is 9.64. The number of anilines is 1. The first-order valence-corrected chi connectivity index (χ1v) is 10.5. The van der Waals surface area contributed by atoms with E-state index >= 15 is 0 Å². The average Bonchev–Trinajstić information content (AvgIpc) is 3.39. The highest BCUT2D eigenvalue weighted by atomic mass is 32.1. The molecule has 0 unspecified atom stereocenters. The normalized spacial score (nSPS) is 18.2. The van der Waals surface area contributed by atoms with Crippen molar-refractivity contribution in [3.8, 4) is 22.1 Å². The first kappa shape index (κ1) is 19.6. The Morgan fingerprint density at radius 3 is 2.83 bits per heavy atom. The Balaban J connectivity index is 1.43. The lowest BCUT2D eigenvalue weighted by Crippen LogP contribution is -2.44. The number of benzene rings is 1. The van der Waals surface area contributed by atoms with Gasteiger partial charge in [-0.15, -0.1) is 10.2 Å². The highest BCUT2D eigenvalue weighted by Crippen LogP contribution is 2.37. The van der Waals surface area contributed by atoms with Gasteiger partial charge < -0.3 is 14.4 Å². The Morgan fingerprint density at radius 1 is 1.24 bits per heavy atom. The second kappa shape index (κ2) is 7.62. The number of carbonyl (C=O) groups is 2. The van der Waals surface area contributed by atoms with Gasteiger partial charge in [0.1, 0.15) is 11.0 Å². The lowest BCUT2D eigenvalue weighted by Gasteiger charge is -2.27. The Morgan fingerprint density at radius 2 is 2.03 bits per heavy atom. The fourth-order valence-electron chi connectivity index (χ4n) is 3.50. The standard InChI is InChI=1S/C20H24N4O4S/c1-20(2,3)10-16(25)24-8-4-5-13(24)17(26)21-19-23-22-18(29-19)12-6-7-14-15(9-12)28-11-27-14/h6-7,9,13H,4-5,8,10-11H2,1-3H3,(H,21,23,26)/t13-/m1/s1. The molecular formula is C20H24N4O4S. The van der Waals surface area contributed by atoms with Crippen LogP contribution in [-0.4, -0.2) is 46.3 Å². The molecule has 8 nitrogen and oxygen atoms in total. The maximum atomic E-state index is 12.8. The molecule has 0 aliphatic carbocycles. The van der Waals surface area contributed by atoms with E-state index in [4.69, 9.17) is 9.47 Å². The van der Waals surface area contributed by atoms with Crippen LogP contribution >= 0.6 is 11.3 Å². The molecule has 0 spiro atoms. The third-order valence-electron chi connectivity index (χ3n) is 4.83. The molecule has 1 aromatic carbocycles. The molecule has 9 heteroatoms. The number of rotatable bonds is 4. The molecule has 2 amide bonds. The van der Waals surface area contributed by atoms with Crippen LogP contribution in [0.4, 0.5) is 5.13 Å². The molecule has 0 radical (unpaired) electrons. The third-order valence-corrected chi connectivity index (χ3v) is 5.72. The minimum atomic E-state index is -0.456. The molecule has 3 heterocycles. The van der Waals surface area contributed by atoms with Crippen molar-refractivity contribution in [2.24, 2.45) is 5.41 Å². The van der Waals surface area contributed by atoms with Gasteiger partial charge >= 0.3 is 0 Å². The van der Waals surface area contributed by atoms with Gasteiger partial charge in [-0.1, -0.05) is 32.1 Å². The van der Waals surface area contributed by atoms with Crippen LogP contribution < -0.4 is 14.8 Å². The second-order valence-electron chi connectivity index (χ2n) is 8.45. The van der Waals surface area contributed by atoms with Crippen molar-refractivity contribution in [2.75, 3.05) is 18.7 Å². The van der Waals surface area contributed by atoms with Crippen molar-refractivity contribution in [3.05, 3.63) is 18.2 Å². The smallest absolute Gasteiger partial charge is 0.249 e. The number of likely N-dealkylation sites (tertiary alicyclic amines) is 1. The zero-order valence-electron chi connectivity index (χ0n) is 16.7. The monoisotopic (exact) mass is 416 g/mol. The quantitative estimate of drug-likeness (QED) is 0.822. The maximum absolute atomic E-state index is 12.8. The maximum Gasteiger partial charge on any atom is 0.249 e. The lowest BCUT2D eigenvalue weighted by atomic mass is 9.91. The predicted molar refractivity (Wildman–Crippen MR) is 109 cm³/mol. The number of fused-ring (bicyclic) bond motifs is 1. The minimum Gasteiger partial charge on any atom is -0.454 e. The van der Waals surface area contributed by atoms with Crippen molar-refractivity contribution >= 4 is 28.3 Å². The van der Waals surface area contributed by atoms with E-state index in [2.05, 4.69) is 15.5 Å². The number of ether oxygens (including phenoxy) is 2. The van der Waals surface area contributed by atoms with E-state index in [1.807, 2.05) is 39.0 Å². The van der Waals surface area contributed by atoms with Gasteiger partial charge in [-0.25, -0.2) is 0 Å². The van der Waals surface area contributed by atoms with Gasteiger partial charge in [-0.05, 0) is 36.5 Å². The number of nitrogens with zero attached hydrogens (tertiary/aromatic N) is 3. The summed E-state index contributed by atoms with van der Waals surface area (Å²) in [5.74, 6) is 1.18. The molecular weight excluding hydrogens is 392 g/mol. The van der Waals surface area contributed by atoms with E-state index in [1.54, 1.807) is 4.90 Å². The summed E-state index contributed by atoms with van der Waals surface area (Å²) in [6, 6.07) is 5.10. The molecule has 1 saturated heterocycles. The van der Waals surface area contributed by atoms with Crippen LogP contribution in [0.5, 0.6) is 11.5 Å². The summed E-state index contributed by atoms with van der Waals surface area (Å²) in [6.07, 6.45) is 1.91. The lowest BCUT2D eigenvalue weighted by molar-refractivity contribution is -0.138. The highest BCUT2D eigenvalue weighted by molar-refractivity contribution is 7.18. The van der Waals surface area contributed by atoms with Gasteiger partial charge in [0, 0.05) is 18.5 Å². The molecule has 1 aromatic heterocycles. The van der Waals surface area contributed by atoms with Crippen molar-refractivity contribution in [1.29, 1.82) is 0 Å². The van der Waals surface area contributed by atoms with Gasteiger partial charge in [0.15, 0.2) is 11.5 Å². The molecule has 154 valence electrons. The molecule has 2 aromatic rings. The van der Waals surface area contributed by atoms with Gasteiger partial charge in [0.25, 0.3) is 0 Å². The van der Waals surface area contributed by atoms with Gasteiger partial charge in [-0.2, -0.15) is 0 Å². The van der Waals surface area contributed by atoms with Crippen molar-refractivity contribution in [3.63, 3.8) is 0 Å². The van der Waals surface area contributed by atoms with Crippen LogP contribution in [0.3, 0.4) is 0 Å². The number of hydrogen-bond acceptors (Lipinski definition) is 7. The van der Waals surface area contributed by atoms with Crippen molar-refractivity contribution < 1.29 is 19.1 Å². The topological polar surface area (TPSA) is 93.7 Å². The Labute approximate surface area is 173 Å². The number of hydrogen-bond donors (Lipinski definition) is 1. The molecule has 1 fully saturated rings. The van der Waals surface area contributed by atoms with E-state index in [0.717, 1.165) is 12.0 Å². The van der Waals surface area contributed by atoms with Crippen LogP contribution in [0.2, 0.25) is 0 Å². The molecule has 1 N–H and O–H groups in total. The van der Waals surface area contributed by atoms with Crippen molar-refractivity contribution in [2.45, 2.75) is 46.1 Å². The molecule has 0 bridgehead atoms. The van der Waals surface area contributed by atoms with Crippen LogP contribution in [0.25, 0.3) is 10.6 Å². The molecule has 1 atom stereocenters. The summed E-state index contributed by atoms with van der Waals surface area (Å²) >= 11 is 1.28. The van der Waals surface area contributed by atoms with E-state index in [0.29, 0.717) is 41.0 Å². The average molecular weight is 417 g/mol. The predicted octanol–water partition coefficient (Wildman–Crippen LogP) is 3.30. The highest BCUT2D eigenvalue weighted by Gasteiger charge is 2.35. The van der Waals surface area contributed by atoms with Gasteiger partial charge in [0.2, 0.25) is 23.7 Å². The van der Waals surface area contributed by atoms with Crippen LogP contribution in [0, 0.1) is 5.41 Å². The number of amides is 2. The first-order chi connectivity index (χ1) is 13.8. The van der Waals surface area contributed by atoms with Crippen LogP contribution in [0.15, 0.2) is 18.2 Å². The van der Waals surface area contributed by atoms with E-state index in [-0.39, 0.29) is 24.0 Å². The summed E-state index contributed by atoms with van der Waals surface area (Å²) in [7, 11) is 0. The molecule has 2 aliphatic rings. The molecule has 29 heavy (non-hydrogen) atoms. The van der Waals surface area contributed by atoms with Gasteiger partial charge in [0.05, 0.1) is 0 Å².